The Hall–Kier alpha value is -2.82. The van der Waals surface area contributed by atoms with E-state index in [1.807, 2.05) is 18.2 Å². The summed E-state index contributed by atoms with van der Waals surface area (Å²) >= 11 is 0. The first-order chi connectivity index (χ1) is 14.8. The lowest BCUT2D eigenvalue weighted by atomic mass is 10.1. The van der Waals surface area contributed by atoms with Crippen LogP contribution in [-0.2, 0) is 11.2 Å². The Kier molecular flexibility index (Phi) is 5.43. The Morgan fingerprint density at radius 2 is 1.77 bits per heavy atom. The molecule has 1 aliphatic carbocycles. The van der Waals surface area contributed by atoms with Gasteiger partial charge in [0.1, 0.15) is 0 Å². The van der Waals surface area contributed by atoms with Gasteiger partial charge in [-0.25, -0.2) is 4.98 Å². The summed E-state index contributed by atoms with van der Waals surface area (Å²) in [5.74, 6) is 1.24. The molecule has 1 unspecified atom stereocenters. The van der Waals surface area contributed by atoms with E-state index in [0.29, 0.717) is 12.5 Å². The van der Waals surface area contributed by atoms with E-state index >= 15 is 0 Å². The zero-order valence-electron chi connectivity index (χ0n) is 17.5. The minimum atomic E-state index is 0.148. The van der Waals surface area contributed by atoms with Crippen molar-refractivity contribution in [3.05, 3.63) is 60.2 Å². The van der Waals surface area contributed by atoms with Gasteiger partial charge >= 0.3 is 0 Å². The molecule has 5 nitrogen and oxygen atoms in total. The zero-order valence-corrected chi connectivity index (χ0v) is 17.5. The third kappa shape index (κ3) is 3.93. The first-order valence-electron chi connectivity index (χ1n) is 11.3. The lowest BCUT2D eigenvalue weighted by Crippen LogP contribution is -2.37. The summed E-state index contributed by atoms with van der Waals surface area (Å²) in [4.78, 5) is 19.9. The molecule has 0 spiro atoms. The zero-order chi connectivity index (χ0) is 20.3. The Morgan fingerprint density at radius 1 is 1.00 bits per heavy atom. The molecule has 2 aromatic carbocycles. The molecule has 0 radical (unpaired) electrons. The van der Waals surface area contributed by atoms with Gasteiger partial charge < -0.3 is 14.8 Å². The maximum Gasteiger partial charge on any atom is 0.220 e. The molecule has 2 heterocycles. The highest BCUT2D eigenvalue weighted by Crippen LogP contribution is 2.37. The fourth-order valence-electron chi connectivity index (χ4n) is 5.04. The van der Waals surface area contributed by atoms with Crippen molar-refractivity contribution < 1.29 is 4.79 Å². The van der Waals surface area contributed by atoms with E-state index in [4.69, 9.17) is 4.98 Å². The predicted molar refractivity (Wildman–Crippen MR) is 121 cm³/mol. The van der Waals surface area contributed by atoms with E-state index < -0.39 is 0 Å². The van der Waals surface area contributed by atoms with E-state index in [2.05, 4.69) is 51.2 Å². The van der Waals surface area contributed by atoms with Gasteiger partial charge in [0, 0.05) is 31.6 Å². The number of para-hydroxylation sites is 2. The van der Waals surface area contributed by atoms with Crippen molar-refractivity contribution in [3.8, 4) is 0 Å². The highest BCUT2D eigenvalue weighted by atomic mass is 16.1. The van der Waals surface area contributed by atoms with Crippen molar-refractivity contribution in [3.63, 3.8) is 0 Å². The van der Waals surface area contributed by atoms with Crippen molar-refractivity contribution in [2.45, 2.75) is 57.0 Å². The van der Waals surface area contributed by atoms with Crippen LogP contribution in [0.15, 0.2) is 54.6 Å². The number of hydrogen-bond acceptors (Lipinski definition) is 3. The number of fused-ring (bicyclic) bond motifs is 1. The lowest BCUT2D eigenvalue weighted by Gasteiger charge is -2.23. The number of nitrogens with zero attached hydrogens (tertiary/aromatic N) is 3. The van der Waals surface area contributed by atoms with Crippen molar-refractivity contribution >= 4 is 22.9 Å². The molecular weight excluding hydrogens is 372 g/mol. The molecule has 156 valence electrons. The van der Waals surface area contributed by atoms with Gasteiger partial charge in [0.15, 0.2) is 0 Å². The SMILES string of the molecule is O=C(CCc1ccccc1)NC1CCN(c2nc3ccccc3n2C2CCCC2)C1. The van der Waals surface area contributed by atoms with Crippen LogP contribution in [0.1, 0.15) is 50.1 Å². The number of imidazole rings is 1. The highest BCUT2D eigenvalue weighted by molar-refractivity contribution is 5.79. The van der Waals surface area contributed by atoms with Gasteiger partial charge in [-0.1, -0.05) is 55.3 Å². The molecule has 5 heteroatoms. The van der Waals surface area contributed by atoms with Gasteiger partial charge in [-0.15, -0.1) is 0 Å². The van der Waals surface area contributed by atoms with Crippen molar-refractivity contribution in [1.29, 1.82) is 0 Å². The number of hydrogen-bond donors (Lipinski definition) is 1. The predicted octanol–water partition coefficient (Wildman–Crippen LogP) is 4.48. The van der Waals surface area contributed by atoms with Crippen molar-refractivity contribution in [1.82, 2.24) is 14.9 Å². The average Bonchev–Trinajstić information content (AvgIpc) is 3.52. The van der Waals surface area contributed by atoms with Crippen LogP contribution in [0.4, 0.5) is 5.95 Å². The molecule has 2 fully saturated rings. The number of nitrogens with one attached hydrogen (secondary N) is 1. The monoisotopic (exact) mass is 402 g/mol. The minimum Gasteiger partial charge on any atom is -0.352 e. The maximum absolute atomic E-state index is 12.5. The Balaban J connectivity index is 1.26. The first kappa shape index (κ1) is 19.2. The van der Waals surface area contributed by atoms with Gasteiger partial charge in [0.2, 0.25) is 11.9 Å². The summed E-state index contributed by atoms with van der Waals surface area (Å²) in [5.41, 5.74) is 3.54. The Bertz CT molecular complexity index is 1010. The molecule has 0 bridgehead atoms. The topological polar surface area (TPSA) is 50.2 Å². The summed E-state index contributed by atoms with van der Waals surface area (Å²) in [6.07, 6.45) is 7.39. The Labute approximate surface area is 178 Å². The second-order valence-corrected chi connectivity index (χ2v) is 8.69. The standard InChI is InChI=1S/C25H30N4O/c30-24(15-14-19-8-2-1-3-9-19)26-20-16-17-28(18-20)25-27-22-12-6-7-13-23(22)29(25)21-10-4-5-11-21/h1-3,6-9,12-13,20-21H,4-5,10-11,14-18H2,(H,26,30). The smallest absolute Gasteiger partial charge is 0.220 e. The van der Waals surface area contributed by atoms with E-state index in [9.17, 15) is 4.79 Å². The quantitative estimate of drug-likeness (QED) is 0.661. The fraction of sp³-hybridized carbons (Fsp3) is 0.440. The molecule has 3 aromatic rings. The summed E-state index contributed by atoms with van der Waals surface area (Å²) in [7, 11) is 0. The van der Waals surface area contributed by atoms with E-state index in [1.165, 1.54) is 36.8 Å². The van der Waals surface area contributed by atoms with Crippen LogP contribution in [0.25, 0.3) is 11.0 Å². The summed E-state index contributed by atoms with van der Waals surface area (Å²) in [6, 6.07) is 19.5. The molecule has 1 aromatic heterocycles. The van der Waals surface area contributed by atoms with Crippen LogP contribution in [-0.4, -0.2) is 34.6 Å². The van der Waals surface area contributed by atoms with Gasteiger partial charge in [0.05, 0.1) is 11.0 Å². The van der Waals surface area contributed by atoms with E-state index in [1.54, 1.807) is 0 Å². The number of carbonyl (C=O) groups excluding carboxylic acids is 1. The summed E-state index contributed by atoms with van der Waals surface area (Å²) < 4.78 is 2.47. The van der Waals surface area contributed by atoms with Crippen LogP contribution < -0.4 is 10.2 Å². The number of aryl methyl sites for hydroxylation is 1. The molecular formula is C25H30N4O. The van der Waals surface area contributed by atoms with Crippen LogP contribution in [0.3, 0.4) is 0 Å². The first-order valence-corrected chi connectivity index (χ1v) is 11.3. The fourth-order valence-corrected chi connectivity index (χ4v) is 5.04. The number of benzene rings is 2. The van der Waals surface area contributed by atoms with Gasteiger partial charge in [-0.05, 0) is 43.4 Å². The molecule has 1 atom stereocenters. The van der Waals surface area contributed by atoms with Crippen LogP contribution in [0.2, 0.25) is 0 Å². The molecule has 1 N–H and O–H groups in total. The van der Waals surface area contributed by atoms with E-state index in [-0.39, 0.29) is 11.9 Å². The molecule has 1 amide bonds. The highest BCUT2D eigenvalue weighted by Gasteiger charge is 2.30. The van der Waals surface area contributed by atoms with Crippen molar-refractivity contribution in [2.24, 2.45) is 0 Å². The largest absolute Gasteiger partial charge is 0.352 e. The third-order valence-corrected chi connectivity index (χ3v) is 6.59. The molecule has 2 aliphatic rings. The van der Waals surface area contributed by atoms with Gasteiger partial charge in [-0.2, -0.15) is 0 Å². The van der Waals surface area contributed by atoms with Crippen LogP contribution in [0, 0.1) is 0 Å². The molecule has 5 rings (SSSR count). The second-order valence-electron chi connectivity index (χ2n) is 8.69. The number of anilines is 1. The molecule has 30 heavy (non-hydrogen) atoms. The van der Waals surface area contributed by atoms with Crippen LogP contribution in [0.5, 0.6) is 0 Å². The van der Waals surface area contributed by atoms with Crippen LogP contribution >= 0.6 is 0 Å². The average molecular weight is 403 g/mol. The molecule has 1 saturated carbocycles. The van der Waals surface area contributed by atoms with E-state index in [0.717, 1.165) is 37.4 Å². The lowest BCUT2D eigenvalue weighted by molar-refractivity contribution is -0.121. The second kappa shape index (κ2) is 8.50. The van der Waals surface area contributed by atoms with Gasteiger partial charge in [0.25, 0.3) is 0 Å². The normalized spacial score (nSPS) is 19.6. The maximum atomic E-state index is 12.5. The number of rotatable bonds is 6. The minimum absolute atomic E-state index is 0.148. The molecule has 1 saturated heterocycles. The number of carbonyl (C=O) groups is 1. The Morgan fingerprint density at radius 3 is 2.60 bits per heavy atom. The van der Waals surface area contributed by atoms with Crippen molar-refractivity contribution in [2.75, 3.05) is 18.0 Å². The van der Waals surface area contributed by atoms with Gasteiger partial charge in [-0.3, -0.25) is 4.79 Å². The third-order valence-electron chi connectivity index (χ3n) is 6.59. The summed E-state index contributed by atoms with van der Waals surface area (Å²) in [5, 5.41) is 3.25. The molecule has 1 aliphatic heterocycles. The number of aromatic nitrogens is 2. The summed E-state index contributed by atoms with van der Waals surface area (Å²) in [6.45, 7) is 1.78. The number of amides is 1.